The molecule has 2 aliphatic rings. The molecule has 0 bridgehead atoms. The summed E-state index contributed by atoms with van der Waals surface area (Å²) in [6, 6.07) is 5.65. The minimum absolute atomic E-state index is 0.0126. The molecule has 25 heavy (non-hydrogen) atoms. The van der Waals surface area contributed by atoms with E-state index in [1.807, 2.05) is 24.0 Å². The van der Waals surface area contributed by atoms with Gasteiger partial charge in [0, 0.05) is 19.1 Å². The summed E-state index contributed by atoms with van der Waals surface area (Å²) in [5.74, 6) is -0.838. The number of benzene rings is 1. The Hall–Kier alpha value is -1.44. The second kappa shape index (κ2) is 7.43. The van der Waals surface area contributed by atoms with E-state index in [2.05, 4.69) is 0 Å². The summed E-state index contributed by atoms with van der Waals surface area (Å²) in [6.07, 6.45) is 4.44. The van der Waals surface area contributed by atoms with E-state index in [1.54, 1.807) is 10.4 Å². The Labute approximate surface area is 149 Å². The van der Waals surface area contributed by atoms with Crippen molar-refractivity contribution in [2.75, 3.05) is 26.2 Å². The van der Waals surface area contributed by atoms with Crippen molar-refractivity contribution in [3.05, 3.63) is 29.3 Å². The Morgan fingerprint density at radius 2 is 1.92 bits per heavy atom. The first-order chi connectivity index (χ1) is 11.9. The Balaban J connectivity index is 1.68. The predicted molar refractivity (Wildman–Crippen MR) is 95.1 cm³/mol. The first kappa shape index (κ1) is 18.4. The molecule has 1 N–H and O–H groups in total. The summed E-state index contributed by atoms with van der Waals surface area (Å²) in [6.45, 7) is 3.50. The number of carboxylic acids is 1. The van der Waals surface area contributed by atoms with Gasteiger partial charge in [0.05, 0.1) is 11.4 Å². The number of aryl methyl sites for hydroxylation is 2. The molecule has 7 heteroatoms. The van der Waals surface area contributed by atoms with Gasteiger partial charge in [-0.3, -0.25) is 9.69 Å². The van der Waals surface area contributed by atoms with E-state index in [-0.39, 0.29) is 12.6 Å². The number of piperidine rings is 1. The second-order valence-corrected chi connectivity index (χ2v) is 8.81. The maximum absolute atomic E-state index is 12.9. The van der Waals surface area contributed by atoms with Crippen LogP contribution in [-0.4, -0.2) is 60.9 Å². The van der Waals surface area contributed by atoms with Crippen LogP contribution in [0.4, 0.5) is 0 Å². The number of hydrogen-bond acceptors (Lipinski definition) is 4. The van der Waals surface area contributed by atoms with Crippen LogP contribution in [0.25, 0.3) is 0 Å². The van der Waals surface area contributed by atoms with E-state index in [1.165, 1.54) is 5.56 Å². The maximum atomic E-state index is 12.9. The van der Waals surface area contributed by atoms with Crippen molar-refractivity contribution in [3.63, 3.8) is 0 Å². The molecule has 1 aromatic carbocycles. The first-order valence-electron chi connectivity index (χ1n) is 8.99. The molecule has 1 heterocycles. The van der Waals surface area contributed by atoms with E-state index in [4.69, 9.17) is 5.11 Å². The molecule has 0 radical (unpaired) electrons. The van der Waals surface area contributed by atoms with E-state index in [9.17, 15) is 13.2 Å². The van der Waals surface area contributed by atoms with Gasteiger partial charge in [0.15, 0.2) is 0 Å². The van der Waals surface area contributed by atoms with Gasteiger partial charge in [-0.2, -0.15) is 4.31 Å². The van der Waals surface area contributed by atoms with Crippen LogP contribution in [0, 0.1) is 0 Å². The maximum Gasteiger partial charge on any atom is 0.317 e. The molecule has 1 aliphatic heterocycles. The lowest BCUT2D eigenvalue weighted by molar-refractivity contribution is -0.139. The quantitative estimate of drug-likeness (QED) is 0.830. The summed E-state index contributed by atoms with van der Waals surface area (Å²) in [4.78, 5) is 13.3. The average molecular weight is 366 g/mol. The molecule has 1 aromatic rings. The van der Waals surface area contributed by atoms with Gasteiger partial charge in [-0.05, 0) is 61.9 Å². The minimum atomic E-state index is -3.46. The van der Waals surface area contributed by atoms with E-state index >= 15 is 0 Å². The molecule has 0 unspecified atom stereocenters. The lowest BCUT2D eigenvalue weighted by atomic mass is 10.0. The highest BCUT2D eigenvalue weighted by molar-refractivity contribution is 7.89. The fourth-order valence-electron chi connectivity index (χ4n) is 3.98. The van der Waals surface area contributed by atoms with Gasteiger partial charge in [0.2, 0.25) is 10.0 Å². The third-order valence-corrected chi connectivity index (χ3v) is 7.29. The molecule has 0 saturated carbocycles. The standard InChI is InChI=1S/C18H26N2O4S/c1-2-19(13-18(21)22)16-8-10-20(11-9-16)25(23,24)17-7-6-14-4-3-5-15(14)12-17/h6-7,12,16H,2-5,8-11,13H2,1H3,(H,21,22). The number of sulfonamides is 1. The van der Waals surface area contributed by atoms with Crippen LogP contribution in [0.5, 0.6) is 0 Å². The van der Waals surface area contributed by atoms with Gasteiger partial charge >= 0.3 is 5.97 Å². The van der Waals surface area contributed by atoms with E-state index < -0.39 is 16.0 Å². The van der Waals surface area contributed by atoms with Crippen LogP contribution in [0.3, 0.4) is 0 Å². The Kier molecular flexibility index (Phi) is 5.46. The normalized spacial score (nSPS) is 19.3. The number of hydrogen-bond donors (Lipinski definition) is 1. The van der Waals surface area contributed by atoms with Crippen LogP contribution in [0.15, 0.2) is 23.1 Å². The van der Waals surface area contributed by atoms with E-state index in [0.717, 1.165) is 24.8 Å². The van der Waals surface area contributed by atoms with Crippen molar-refractivity contribution in [1.29, 1.82) is 0 Å². The van der Waals surface area contributed by atoms with Crippen molar-refractivity contribution in [2.45, 2.75) is 50.0 Å². The Bertz CT molecular complexity index is 739. The molecule has 1 saturated heterocycles. The predicted octanol–water partition coefficient (Wildman–Crippen LogP) is 1.73. The number of aliphatic carboxylic acids is 1. The highest BCUT2D eigenvalue weighted by atomic mass is 32.2. The summed E-state index contributed by atoms with van der Waals surface area (Å²) < 4.78 is 27.4. The highest BCUT2D eigenvalue weighted by Gasteiger charge is 2.32. The zero-order valence-corrected chi connectivity index (χ0v) is 15.5. The number of carboxylic acid groups (broad SMARTS) is 1. The van der Waals surface area contributed by atoms with Crippen molar-refractivity contribution >= 4 is 16.0 Å². The first-order valence-corrected chi connectivity index (χ1v) is 10.4. The van der Waals surface area contributed by atoms with Crippen molar-refractivity contribution in [2.24, 2.45) is 0 Å². The van der Waals surface area contributed by atoms with Gasteiger partial charge in [-0.1, -0.05) is 13.0 Å². The van der Waals surface area contributed by atoms with E-state index in [0.29, 0.717) is 37.4 Å². The second-order valence-electron chi connectivity index (χ2n) is 6.88. The van der Waals surface area contributed by atoms with Crippen LogP contribution < -0.4 is 0 Å². The third-order valence-electron chi connectivity index (χ3n) is 5.39. The van der Waals surface area contributed by atoms with Gasteiger partial charge in [0.25, 0.3) is 0 Å². The smallest absolute Gasteiger partial charge is 0.317 e. The lowest BCUT2D eigenvalue weighted by Gasteiger charge is -2.36. The van der Waals surface area contributed by atoms with Gasteiger partial charge in [-0.15, -0.1) is 0 Å². The number of fused-ring (bicyclic) bond motifs is 1. The third kappa shape index (κ3) is 3.88. The SMILES string of the molecule is CCN(CC(=O)O)C1CCN(S(=O)(=O)c2ccc3c(c2)CCC3)CC1. The molecule has 6 nitrogen and oxygen atoms in total. The molecule has 0 aromatic heterocycles. The van der Waals surface area contributed by atoms with Gasteiger partial charge < -0.3 is 5.11 Å². The molecular weight excluding hydrogens is 340 g/mol. The molecule has 3 rings (SSSR count). The highest BCUT2D eigenvalue weighted by Crippen LogP contribution is 2.28. The summed E-state index contributed by atoms with van der Waals surface area (Å²) in [5, 5.41) is 9.00. The van der Waals surface area contributed by atoms with Crippen molar-refractivity contribution in [1.82, 2.24) is 9.21 Å². The Morgan fingerprint density at radius 1 is 1.24 bits per heavy atom. The van der Waals surface area contributed by atoms with Crippen LogP contribution >= 0.6 is 0 Å². The number of nitrogens with zero attached hydrogens (tertiary/aromatic N) is 2. The summed E-state index contributed by atoms with van der Waals surface area (Å²) in [5.41, 5.74) is 2.43. The van der Waals surface area contributed by atoms with Gasteiger partial charge in [0.1, 0.15) is 0 Å². The lowest BCUT2D eigenvalue weighted by Crippen LogP contribution is -2.48. The molecule has 0 amide bonds. The topological polar surface area (TPSA) is 77.9 Å². The fraction of sp³-hybridized carbons (Fsp3) is 0.611. The number of rotatable bonds is 6. The number of carbonyl (C=O) groups is 1. The molecule has 0 spiro atoms. The van der Waals surface area contributed by atoms with Crippen LogP contribution in [0.1, 0.15) is 37.3 Å². The Morgan fingerprint density at radius 3 is 2.56 bits per heavy atom. The van der Waals surface area contributed by atoms with Crippen LogP contribution in [-0.2, 0) is 27.7 Å². The number of likely N-dealkylation sites (N-methyl/N-ethyl adjacent to an activating group) is 1. The molecule has 1 aliphatic carbocycles. The monoisotopic (exact) mass is 366 g/mol. The largest absolute Gasteiger partial charge is 0.480 e. The van der Waals surface area contributed by atoms with Crippen molar-refractivity contribution in [3.8, 4) is 0 Å². The zero-order valence-electron chi connectivity index (χ0n) is 14.6. The molecule has 1 fully saturated rings. The van der Waals surface area contributed by atoms with Crippen molar-refractivity contribution < 1.29 is 18.3 Å². The minimum Gasteiger partial charge on any atom is -0.480 e. The molecule has 0 atom stereocenters. The average Bonchev–Trinajstić information content (AvgIpc) is 3.07. The summed E-state index contributed by atoms with van der Waals surface area (Å²) in [7, 11) is -3.46. The van der Waals surface area contributed by atoms with Gasteiger partial charge in [-0.25, -0.2) is 8.42 Å². The fourth-order valence-corrected chi connectivity index (χ4v) is 5.50. The van der Waals surface area contributed by atoms with Crippen LogP contribution in [0.2, 0.25) is 0 Å². The zero-order chi connectivity index (χ0) is 18.0. The molecule has 138 valence electrons. The molecular formula is C18H26N2O4S. The summed E-state index contributed by atoms with van der Waals surface area (Å²) >= 11 is 0.